The molecule has 0 aliphatic heterocycles. The lowest BCUT2D eigenvalue weighted by Crippen LogP contribution is -2.16. The van der Waals surface area contributed by atoms with Gasteiger partial charge in [0, 0.05) is 0 Å². The van der Waals surface area contributed by atoms with Crippen LogP contribution >= 0.6 is 0 Å². The van der Waals surface area contributed by atoms with Crippen molar-refractivity contribution in [1.82, 2.24) is 0 Å². The van der Waals surface area contributed by atoms with Gasteiger partial charge in [0.25, 0.3) is 0 Å². The monoisotopic (exact) mass is 250 g/mol. The van der Waals surface area contributed by atoms with Crippen LogP contribution in [0.25, 0.3) is 0 Å². The Morgan fingerprint density at radius 2 is 2.06 bits per heavy atom. The lowest BCUT2D eigenvalue weighted by atomic mass is 9.93. The topological polar surface area (TPSA) is 46.5 Å². The number of ether oxygens (including phenoxy) is 1. The van der Waals surface area contributed by atoms with E-state index in [2.05, 4.69) is 19.9 Å². The third-order valence-electron chi connectivity index (χ3n) is 3.28. The molecule has 0 amide bonds. The van der Waals surface area contributed by atoms with E-state index in [1.807, 2.05) is 19.1 Å². The van der Waals surface area contributed by atoms with Crippen LogP contribution < -0.4 is 4.74 Å². The van der Waals surface area contributed by atoms with Gasteiger partial charge in [-0.3, -0.25) is 4.79 Å². The summed E-state index contributed by atoms with van der Waals surface area (Å²) in [6.45, 7) is 6.15. The summed E-state index contributed by atoms with van der Waals surface area (Å²) in [6.07, 6.45) is 1.15. The van der Waals surface area contributed by atoms with Crippen LogP contribution in [-0.2, 0) is 11.2 Å². The Kier molecular flexibility index (Phi) is 5.20. The van der Waals surface area contributed by atoms with Crippen LogP contribution in [0.4, 0.5) is 0 Å². The molecule has 1 unspecified atom stereocenters. The summed E-state index contributed by atoms with van der Waals surface area (Å²) < 4.78 is 5.31. The number of hydrogen-bond donors (Lipinski definition) is 1. The summed E-state index contributed by atoms with van der Waals surface area (Å²) in [5.74, 6) is 0.120. The van der Waals surface area contributed by atoms with Crippen LogP contribution in [0.3, 0.4) is 0 Å². The molecule has 0 saturated heterocycles. The summed E-state index contributed by atoms with van der Waals surface area (Å²) in [5.41, 5.74) is 2.20. The molecule has 0 radical (unpaired) electrons. The van der Waals surface area contributed by atoms with Crippen LogP contribution in [0.2, 0.25) is 0 Å². The number of carboxylic acids is 1. The number of methoxy groups -OCH3 is 1. The average Bonchev–Trinajstić information content (AvgIpc) is 2.35. The van der Waals surface area contributed by atoms with Crippen LogP contribution in [0.15, 0.2) is 18.2 Å². The fourth-order valence-electron chi connectivity index (χ4n) is 1.99. The number of hydrogen-bond acceptors (Lipinski definition) is 2. The van der Waals surface area contributed by atoms with Crippen LogP contribution in [-0.4, -0.2) is 18.2 Å². The number of carbonyl (C=O) groups is 1. The van der Waals surface area contributed by atoms with Crippen molar-refractivity contribution in [1.29, 1.82) is 0 Å². The third-order valence-corrected chi connectivity index (χ3v) is 3.28. The molecule has 1 N–H and O–H groups in total. The molecule has 3 heteroatoms. The van der Waals surface area contributed by atoms with Gasteiger partial charge in [-0.05, 0) is 36.0 Å². The van der Waals surface area contributed by atoms with Crippen LogP contribution in [0.1, 0.15) is 44.2 Å². The second-order valence-electron chi connectivity index (χ2n) is 4.87. The minimum Gasteiger partial charge on any atom is -0.496 e. The van der Waals surface area contributed by atoms with Gasteiger partial charge in [0.15, 0.2) is 0 Å². The molecule has 3 nitrogen and oxygen atoms in total. The zero-order valence-corrected chi connectivity index (χ0v) is 11.6. The van der Waals surface area contributed by atoms with Gasteiger partial charge in [-0.25, -0.2) is 0 Å². The predicted octanol–water partition coefficient (Wildman–Crippen LogP) is 3.47. The van der Waals surface area contributed by atoms with E-state index in [4.69, 9.17) is 9.84 Å². The summed E-state index contributed by atoms with van der Waals surface area (Å²) in [4.78, 5) is 11.1. The van der Waals surface area contributed by atoms with Gasteiger partial charge in [-0.15, -0.1) is 0 Å². The number of carboxylic acid groups (broad SMARTS) is 1. The molecule has 0 aromatic heterocycles. The summed E-state index contributed by atoms with van der Waals surface area (Å²) in [7, 11) is 1.62. The van der Waals surface area contributed by atoms with Crippen molar-refractivity contribution >= 4 is 5.97 Å². The summed E-state index contributed by atoms with van der Waals surface area (Å²) >= 11 is 0. The Bertz CT molecular complexity index is 410. The molecule has 18 heavy (non-hydrogen) atoms. The molecular formula is C15H22O3. The van der Waals surface area contributed by atoms with E-state index in [1.54, 1.807) is 7.11 Å². The maximum atomic E-state index is 11.1. The molecule has 1 rings (SSSR count). The first-order valence-corrected chi connectivity index (χ1v) is 6.39. The zero-order valence-electron chi connectivity index (χ0n) is 11.6. The fourth-order valence-corrected chi connectivity index (χ4v) is 1.99. The number of benzene rings is 1. The molecule has 1 aromatic rings. The predicted molar refractivity (Wildman–Crippen MR) is 72.2 cm³/mol. The molecular weight excluding hydrogens is 228 g/mol. The Hall–Kier alpha value is -1.51. The highest BCUT2D eigenvalue weighted by Gasteiger charge is 2.18. The highest BCUT2D eigenvalue weighted by molar-refractivity contribution is 5.70. The van der Waals surface area contributed by atoms with Crippen molar-refractivity contribution in [3.63, 3.8) is 0 Å². The molecule has 0 fully saturated rings. The Morgan fingerprint density at radius 3 is 2.50 bits per heavy atom. The van der Waals surface area contributed by atoms with E-state index in [0.29, 0.717) is 18.8 Å². The van der Waals surface area contributed by atoms with Crippen molar-refractivity contribution in [2.24, 2.45) is 5.92 Å². The van der Waals surface area contributed by atoms with E-state index in [9.17, 15) is 4.79 Å². The third kappa shape index (κ3) is 3.49. The molecule has 1 atom stereocenters. The first-order chi connectivity index (χ1) is 8.49. The Balaban J connectivity index is 3.04. The number of aliphatic carboxylic acids is 1. The molecule has 0 spiro atoms. The molecule has 0 bridgehead atoms. The van der Waals surface area contributed by atoms with Gasteiger partial charge in [-0.2, -0.15) is 0 Å². The van der Waals surface area contributed by atoms with Crippen LogP contribution in [0, 0.1) is 5.92 Å². The Labute approximate surface area is 109 Å². The molecule has 0 heterocycles. The van der Waals surface area contributed by atoms with Gasteiger partial charge in [-0.1, -0.05) is 32.9 Å². The van der Waals surface area contributed by atoms with E-state index in [0.717, 1.165) is 11.3 Å². The minimum atomic E-state index is -0.741. The normalized spacial score (nSPS) is 12.5. The fraction of sp³-hybridized carbons (Fsp3) is 0.533. The average molecular weight is 250 g/mol. The molecule has 0 saturated carbocycles. The van der Waals surface area contributed by atoms with Gasteiger partial charge in [0.05, 0.1) is 13.0 Å². The maximum absolute atomic E-state index is 11.1. The quantitative estimate of drug-likeness (QED) is 0.840. The molecule has 100 valence electrons. The van der Waals surface area contributed by atoms with E-state index in [1.165, 1.54) is 5.56 Å². The minimum absolute atomic E-state index is 0.346. The standard InChI is InChI=1S/C15H22O3/c1-5-11(15(16)17)8-13-9-12(10(2)3)6-7-14(13)18-4/h6-7,9-11H,5,8H2,1-4H3,(H,16,17). The van der Waals surface area contributed by atoms with E-state index >= 15 is 0 Å². The van der Waals surface area contributed by atoms with Gasteiger partial charge < -0.3 is 9.84 Å². The molecule has 1 aromatic carbocycles. The molecule has 0 aliphatic carbocycles. The van der Waals surface area contributed by atoms with Crippen molar-refractivity contribution in [3.8, 4) is 5.75 Å². The molecule has 0 aliphatic rings. The van der Waals surface area contributed by atoms with Crippen LogP contribution in [0.5, 0.6) is 5.75 Å². The second kappa shape index (κ2) is 6.43. The second-order valence-corrected chi connectivity index (χ2v) is 4.87. The highest BCUT2D eigenvalue weighted by atomic mass is 16.5. The largest absolute Gasteiger partial charge is 0.496 e. The lowest BCUT2D eigenvalue weighted by Gasteiger charge is -2.15. The van der Waals surface area contributed by atoms with Gasteiger partial charge in [0.2, 0.25) is 0 Å². The van der Waals surface area contributed by atoms with E-state index < -0.39 is 5.97 Å². The Morgan fingerprint density at radius 1 is 1.39 bits per heavy atom. The van der Waals surface area contributed by atoms with Crippen molar-refractivity contribution < 1.29 is 14.6 Å². The van der Waals surface area contributed by atoms with Crippen molar-refractivity contribution in [3.05, 3.63) is 29.3 Å². The lowest BCUT2D eigenvalue weighted by molar-refractivity contribution is -0.141. The van der Waals surface area contributed by atoms with Gasteiger partial charge in [0.1, 0.15) is 5.75 Å². The van der Waals surface area contributed by atoms with Crippen molar-refractivity contribution in [2.45, 2.75) is 39.5 Å². The van der Waals surface area contributed by atoms with Gasteiger partial charge >= 0.3 is 5.97 Å². The van der Waals surface area contributed by atoms with Crippen molar-refractivity contribution in [2.75, 3.05) is 7.11 Å². The first-order valence-electron chi connectivity index (χ1n) is 6.39. The summed E-state index contributed by atoms with van der Waals surface area (Å²) in [5, 5.41) is 9.14. The SMILES string of the molecule is CCC(Cc1cc(C(C)C)ccc1OC)C(=O)O. The van der Waals surface area contributed by atoms with E-state index in [-0.39, 0.29) is 5.92 Å². The maximum Gasteiger partial charge on any atom is 0.306 e. The number of rotatable bonds is 6. The zero-order chi connectivity index (χ0) is 13.7. The highest BCUT2D eigenvalue weighted by Crippen LogP contribution is 2.27. The first kappa shape index (κ1) is 14.6. The summed E-state index contributed by atoms with van der Waals surface area (Å²) in [6, 6.07) is 6.03. The smallest absolute Gasteiger partial charge is 0.306 e.